The van der Waals surface area contributed by atoms with Gasteiger partial charge in [0.05, 0.1) is 29.8 Å². The van der Waals surface area contributed by atoms with E-state index in [9.17, 15) is 9.59 Å². The number of nitrogens with zero attached hydrogens (tertiary/aromatic N) is 4. The van der Waals surface area contributed by atoms with Gasteiger partial charge in [-0.05, 0) is 30.5 Å². The van der Waals surface area contributed by atoms with Gasteiger partial charge in [0.2, 0.25) is 12.3 Å². The van der Waals surface area contributed by atoms with Gasteiger partial charge in [0.1, 0.15) is 11.4 Å². The van der Waals surface area contributed by atoms with Gasteiger partial charge in [0, 0.05) is 24.7 Å². The number of aromatic nitrogens is 5. The Morgan fingerprint density at radius 1 is 1.30 bits per heavy atom. The van der Waals surface area contributed by atoms with Gasteiger partial charge < -0.3 is 19.0 Å². The highest BCUT2D eigenvalue weighted by Crippen LogP contribution is 2.49. The summed E-state index contributed by atoms with van der Waals surface area (Å²) in [6.45, 7) is 0. The molecule has 3 aromatic heterocycles. The summed E-state index contributed by atoms with van der Waals surface area (Å²) < 4.78 is 12.8. The Balaban J connectivity index is 1.77. The van der Waals surface area contributed by atoms with E-state index in [4.69, 9.17) is 9.15 Å². The van der Waals surface area contributed by atoms with E-state index in [0.717, 1.165) is 48.6 Å². The molecule has 4 aromatic rings. The van der Waals surface area contributed by atoms with E-state index < -0.39 is 11.3 Å². The lowest BCUT2D eigenvalue weighted by Gasteiger charge is -2.36. The molecule has 1 fully saturated rings. The number of H-pyrrole nitrogens is 1. The molecule has 0 radical (unpaired) electrons. The van der Waals surface area contributed by atoms with Gasteiger partial charge in [0.15, 0.2) is 0 Å². The fourth-order valence-corrected chi connectivity index (χ4v) is 4.93. The molecular weight excluding hydrogens is 424 g/mol. The van der Waals surface area contributed by atoms with Gasteiger partial charge >= 0.3 is 0 Å². The number of rotatable bonds is 5. The number of amides is 1. The second-order valence-electron chi connectivity index (χ2n) is 8.34. The summed E-state index contributed by atoms with van der Waals surface area (Å²) in [7, 11) is 3.15. The minimum atomic E-state index is -0.681. The molecule has 1 aromatic carbocycles. The first-order valence-corrected chi connectivity index (χ1v) is 10.8. The van der Waals surface area contributed by atoms with Crippen LogP contribution in [0.3, 0.4) is 0 Å². The summed E-state index contributed by atoms with van der Waals surface area (Å²) in [5, 5.41) is 19.0. The molecule has 0 aliphatic heterocycles. The molecule has 0 bridgehead atoms. The molecule has 0 unspecified atom stereocenters. The van der Waals surface area contributed by atoms with Crippen LogP contribution in [0.2, 0.25) is 0 Å². The number of carbonyl (C=O) groups excluding carboxylic acids is 1. The number of methoxy groups -OCH3 is 1. The predicted molar refractivity (Wildman–Crippen MR) is 120 cm³/mol. The summed E-state index contributed by atoms with van der Waals surface area (Å²) in [4.78, 5) is 26.3. The lowest BCUT2D eigenvalue weighted by molar-refractivity contribution is 0.102. The Morgan fingerprint density at radius 3 is 2.85 bits per heavy atom. The third-order valence-corrected chi connectivity index (χ3v) is 6.48. The number of anilines is 1. The molecule has 170 valence electrons. The van der Waals surface area contributed by atoms with E-state index >= 15 is 0 Å². The van der Waals surface area contributed by atoms with E-state index in [1.807, 2.05) is 0 Å². The van der Waals surface area contributed by atoms with Crippen molar-refractivity contribution in [3.05, 3.63) is 64.4 Å². The van der Waals surface area contributed by atoms with Crippen LogP contribution in [0, 0.1) is 0 Å². The SMILES string of the molecule is COc1cc2[nH]ncc2c(C2(c3nnco3)CCCCC2)c1C(=O)Nc1cccn(C)c1=O. The lowest BCUT2D eigenvalue weighted by Crippen LogP contribution is -2.34. The van der Waals surface area contributed by atoms with Crippen molar-refractivity contribution in [3.8, 4) is 5.75 Å². The van der Waals surface area contributed by atoms with Crippen LogP contribution < -0.4 is 15.6 Å². The van der Waals surface area contributed by atoms with E-state index in [2.05, 4.69) is 25.7 Å². The number of ether oxygens (including phenoxy) is 1. The summed E-state index contributed by atoms with van der Waals surface area (Å²) in [5.41, 5.74) is 0.983. The van der Waals surface area contributed by atoms with Crippen LogP contribution in [-0.2, 0) is 12.5 Å². The number of pyridine rings is 1. The number of carbonyl (C=O) groups is 1. The maximum Gasteiger partial charge on any atom is 0.274 e. The topological polar surface area (TPSA) is 128 Å². The number of hydrogen-bond donors (Lipinski definition) is 2. The van der Waals surface area contributed by atoms with Crippen molar-refractivity contribution in [3.63, 3.8) is 0 Å². The Morgan fingerprint density at radius 2 is 2.12 bits per heavy atom. The molecule has 0 spiro atoms. The molecule has 1 aliphatic carbocycles. The first-order valence-electron chi connectivity index (χ1n) is 10.8. The Labute approximate surface area is 189 Å². The molecule has 1 saturated carbocycles. The smallest absolute Gasteiger partial charge is 0.274 e. The van der Waals surface area contributed by atoms with Crippen molar-refractivity contribution in [1.82, 2.24) is 25.0 Å². The molecule has 1 amide bonds. The molecule has 10 nitrogen and oxygen atoms in total. The zero-order valence-corrected chi connectivity index (χ0v) is 18.4. The molecule has 2 N–H and O–H groups in total. The average molecular weight is 448 g/mol. The van der Waals surface area contributed by atoms with Gasteiger partial charge in [-0.25, -0.2) is 0 Å². The first-order chi connectivity index (χ1) is 16.0. The van der Waals surface area contributed by atoms with Crippen LogP contribution in [0.25, 0.3) is 10.9 Å². The largest absolute Gasteiger partial charge is 0.496 e. The first kappa shape index (κ1) is 20.9. The third-order valence-electron chi connectivity index (χ3n) is 6.48. The lowest BCUT2D eigenvalue weighted by atomic mass is 9.66. The number of fused-ring (bicyclic) bond motifs is 1. The molecular formula is C23H24N6O4. The highest BCUT2D eigenvalue weighted by Gasteiger charge is 2.45. The fraction of sp³-hybridized carbons (Fsp3) is 0.348. The Kier molecular flexibility index (Phi) is 5.20. The van der Waals surface area contributed by atoms with Gasteiger partial charge in [-0.1, -0.05) is 19.3 Å². The van der Waals surface area contributed by atoms with E-state index in [1.165, 1.54) is 18.1 Å². The standard InChI is InChI=1S/C23H24N6O4/c1-29-10-6-7-15(21(29)31)26-20(30)18-17(32-2)11-16-14(12-24-27-16)19(18)23(8-4-3-5-9-23)22-28-25-13-33-22/h6-7,10-13H,3-5,8-9H2,1-2H3,(H,24,27)(H,26,30). The van der Waals surface area contributed by atoms with E-state index in [-0.39, 0.29) is 11.2 Å². The highest BCUT2D eigenvalue weighted by molar-refractivity contribution is 6.11. The van der Waals surface area contributed by atoms with Crippen molar-refractivity contribution in [2.75, 3.05) is 12.4 Å². The van der Waals surface area contributed by atoms with Crippen LogP contribution in [0.15, 0.2) is 46.2 Å². The minimum absolute atomic E-state index is 0.181. The predicted octanol–water partition coefficient (Wildman–Crippen LogP) is 3.16. The van der Waals surface area contributed by atoms with Crippen LogP contribution in [0.5, 0.6) is 5.75 Å². The molecule has 10 heteroatoms. The summed E-state index contributed by atoms with van der Waals surface area (Å²) in [6.07, 6.45) is 9.08. The maximum absolute atomic E-state index is 13.8. The van der Waals surface area contributed by atoms with Crippen molar-refractivity contribution in [1.29, 1.82) is 0 Å². The van der Waals surface area contributed by atoms with Crippen molar-refractivity contribution in [2.45, 2.75) is 37.5 Å². The van der Waals surface area contributed by atoms with Gasteiger partial charge in [-0.15, -0.1) is 10.2 Å². The van der Waals surface area contributed by atoms with Crippen LogP contribution in [0.1, 0.15) is 53.9 Å². The molecule has 33 heavy (non-hydrogen) atoms. The zero-order valence-electron chi connectivity index (χ0n) is 18.4. The summed E-state index contributed by atoms with van der Waals surface area (Å²) in [5.74, 6) is 0.386. The normalized spacial score (nSPS) is 15.5. The van der Waals surface area contributed by atoms with Gasteiger partial charge in [-0.3, -0.25) is 14.7 Å². The van der Waals surface area contributed by atoms with Crippen molar-refractivity contribution in [2.24, 2.45) is 7.05 Å². The minimum Gasteiger partial charge on any atom is -0.496 e. The molecule has 0 atom stereocenters. The molecule has 1 aliphatic rings. The second kappa shape index (κ2) is 8.19. The van der Waals surface area contributed by atoms with E-state index in [1.54, 1.807) is 37.6 Å². The van der Waals surface area contributed by atoms with Gasteiger partial charge in [-0.2, -0.15) is 5.10 Å². The summed E-state index contributed by atoms with van der Waals surface area (Å²) >= 11 is 0. The monoisotopic (exact) mass is 448 g/mol. The number of aryl methyl sites for hydroxylation is 1. The van der Waals surface area contributed by atoms with Crippen LogP contribution in [-0.4, -0.2) is 38.0 Å². The Bertz CT molecular complexity index is 1370. The molecule has 5 rings (SSSR count). The zero-order chi connectivity index (χ0) is 23.0. The summed E-state index contributed by atoms with van der Waals surface area (Å²) in [6, 6.07) is 5.03. The van der Waals surface area contributed by atoms with Crippen molar-refractivity contribution >= 4 is 22.5 Å². The Hall–Kier alpha value is -3.95. The number of benzene rings is 1. The quantitative estimate of drug-likeness (QED) is 0.480. The number of nitrogens with one attached hydrogen (secondary N) is 2. The maximum atomic E-state index is 13.8. The fourth-order valence-electron chi connectivity index (χ4n) is 4.93. The third kappa shape index (κ3) is 3.38. The second-order valence-corrected chi connectivity index (χ2v) is 8.34. The van der Waals surface area contributed by atoms with Crippen molar-refractivity contribution < 1.29 is 13.9 Å². The highest BCUT2D eigenvalue weighted by atomic mass is 16.5. The van der Waals surface area contributed by atoms with Crippen LogP contribution in [0.4, 0.5) is 5.69 Å². The number of hydrogen-bond acceptors (Lipinski definition) is 7. The number of aromatic amines is 1. The average Bonchev–Trinajstić information content (AvgIpc) is 3.53. The molecule has 0 saturated heterocycles. The van der Waals surface area contributed by atoms with Gasteiger partial charge in [0.25, 0.3) is 11.5 Å². The van der Waals surface area contributed by atoms with E-state index in [0.29, 0.717) is 17.2 Å². The van der Waals surface area contributed by atoms with Crippen LogP contribution >= 0.6 is 0 Å². The molecule has 3 heterocycles.